The van der Waals surface area contributed by atoms with Crippen LogP contribution in [0.1, 0.15) is 154 Å². The first-order chi connectivity index (χ1) is 32.7. The second-order valence-electron chi connectivity index (χ2n) is 17.4. The van der Waals surface area contributed by atoms with Crippen molar-refractivity contribution in [3.05, 3.63) is 29.8 Å². The number of amides is 8. The second kappa shape index (κ2) is 38.0. The summed E-state index contributed by atoms with van der Waals surface area (Å²) in [7, 11) is 1.44. The first-order valence-corrected chi connectivity index (χ1v) is 25.4. The predicted octanol–water partition coefficient (Wildman–Crippen LogP) is 2.16. The monoisotopic (exact) mass is 977 g/mol. The SMILES string of the molecule is CCCCCCCCCCCCCCCC(=O)N[C@@H](CS)C(=O)NCC(=O)N[C@@H](Cc1ccc(O)cc1)C(=O)N[C@@H](CCC(N)=O)C(=O)N[C@@H](CCCCN)C(=O)N[C@@H](CCCCN)C(=O)NC. The highest BCUT2D eigenvalue weighted by Gasteiger charge is 2.32. The van der Waals surface area contributed by atoms with E-state index in [2.05, 4.69) is 56.8 Å². The number of hydrogen-bond donors (Lipinski definition) is 12. The van der Waals surface area contributed by atoms with Gasteiger partial charge in [-0.3, -0.25) is 38.4 Å². The third-order valence-electron chi connectivity index (χ3n) is 11.5. The van der Waals surface area contributed by atoms with Gasteiger partial charge in [-0.2, -0.15) is 12.6 Å². The highest BCUT2D eigenvalue weighted by molar-refractivity contribution is 7.80. The molecule has 19 nitrogen and oxygen atoms in total. The van der Waals surface area contributed by atoms with E-state index in [-0.39, 0.29) is 49.5 Å². The molecule has 0 saturated carbocycles. The van der Waals surface area contributed by atoms with Crippen molar-refractivity contribution in [3.63, 3.8) is 0 Å². The fourth-order valence-corrected chi connectivity index (χ4v) is 7.70. The number of nitrogens with two attached hydrogens (primary N) is 3. The molecular weight excluding hydrogens is 893 g/mol. The number of carbonyl (C=O) groups is 8. The van der Waals surface area contributed by atoms with Crippen molar-refractivity contribution in [2.45, 2.75) is 185 Å². The van der Waals surface area contributed by atoms with Gasteiger partial charge in [0.1, 0.15) is 36.0 Å². The third-order valence-corrected chi connectivity index (χ3v) is 11.9. The average molecular weight is 977 g/mol. The molecule has 1 rings (SSSR count). The molecule has 1 aromatic rings. The van der Waals surface area contributed by atoms with Gasteiger partial charge in [-0.15, -0.1) is 0 Å². The van der Waals surface area contributed by atoms with E-state index in [1.165, 1.54) is 89.1 Å². The quantitative estimate of drug-likeness (QED) is 0.0334. The Balaban J connectivity index is 2.99. The Morgan fingerprint density at radius 3 is 1.46 bits per heavy atom. The molecule has 68 heavy (non-hydrogen) atoms. The number of likely N-dealkylation sites (N-methyl/N-ethyl adjacent to an activating group) is 1. The Hall–Kier alpha value is -4.95. The number of unbranched alkanes of at least 4 members (excludes halogenated alkanes) is 14. The topological polar surface area (TPSA) is 319 Å². The molecule has 0 aliphatic carbocycles. The smallest absolute Gasteiger partial charge is 0.243 e. The van der Waals surface area contributed by atoms with Crippen LogP contribution in [0.2, 0.25) is 0 Å². The van der Waals surface area contributed by atoms with Crippen molar-refractivity contribution in [1.29, 1.82) is 0 Å². The molecule has 8 amide bonds. The van der Waals surface area contributed by atoms with E-state index in [0.29, 0.717) is 57.2 Å². The lowest BCUT2D eigenvalue weighted by Crippen LogP contribution is -2.59. The van der Waals surface area contributed by atoms with Gasteiger partial charge in [0.25, 0.3) is 0 Å². The molecule has 0 radical (unpaired) electrons. The van der Waals surface area contributed by atoms with Crippen LogP contribution in [0.5, 0.6) is 5.75 Å². The maximum Gasteiger partial charge on any atom is 0.243 e. The van der Waals surface area contributed by atoms with Crippen molar-refractivity contribution in [1.82, 2.24) is 37.2 Å². The van der Waals surface area contributed by atoms with Crippen molar-refractivity contribution < 1.29 is 43.5 Å². The van der Waals surface area contributed by atoms with Crippen molar-refractivity contribution in [2.75, 3.05) is 32.4 Å². The first kappa shape index (κ1) is 61.1. The molecule has 0 aliphatic rings. The summed E-state index contributed by atoms with van der Waals surface area (Å²) < 4.78 is 0. The minimum Gasteiger partial charge on any atom is -0.508 e. The summed E-state index contributed by atoms with van der Waals surface area (Å²) in [4.78, 5) is 105. The molecule has 1 aromatic carbocycles. The van der Waals surface area contributed by atoms with Gasteiger partial charge in [0.05, 0.1) is 6.54 Å². The Bertz CT molecular complexity index is 1660. The van der Waals surface area contributed by atoms with Crippen molar-refractivity contribution >= 4 is 59.9 Å². The van der Waals surface area contributed by atoms with E-state index in [1.54, 1.807) is 0 Å². The van der Waals surface area contributed by atoms with E-state index in [1.807, 2.05) is 0 Å². The normalized spacial score (nSPS) is 13.2. The fraction of sp³-hybridized carbons (Fsp3) is 0.708. The van der Waals surface area contributed by atoms with Gasteiger partial charge in [0.2, 0.25) is 47.3 Å². The Morgan fingerprint density at radius 2 is 0.985 bits per heavy atom. The van der Waals surface area contributed by atoms with Crippen LogP contribution in [-0.2, 0) is 44.8 Å². The number of benzene rings is 1. The maximum atomic E-state index is 14.0. The van der Waals surface area contributed by atoms with E-state index in [0.717, 1.165) is 19.3 Å². The lowest BCUT2D eigenvalue weighted by molar-refractivity contribution is -0.135. The summed E-state index contributed by atoms with van der Waals surface area (Å²) in [5.74, 6) is -5.33. The summed E-state index contributed by atoms with van der Waals surface area (Å²) in [6, 6.07) is -0.00817. The predicted molar refractivity (Wildman–Crippen MR) is 267 cm³/mol. The number of hydrogen-bond acceptors (Lipinski definition) is 12. The van der Waals surface area contributed by atoms with Crippen LogP contribution in [0, 0.1) is 0 Å². The minimum atomic E-state index is -1.42. The van der Waals surface area contributed by atoms with Gasteiger partial charge >= 0.3 is 0 Å². The van der Waals surface area contributed by atoms with Crippen LogP contribution < -0.4 is 54.4 Å². The zero-order valence-electron chi connectivity index (χ0n) is 40.7. The number of carbonyl (C=O) groups excluding carboxylic acids is 8. The van der Waals surface area contributed by atoms with E-state index >= 15 is 0 Å². The van der Waals surface area contributed by atoms with Gasteiger partial charge < -0.3 is 59.5 Å². The largest absolute Gasteiger partial charge is 0.508 e. The summed E-state index contributed by atoms with van der Waals surface area (Å²) in [5, 5.41) is 28.1. The molecule has 0 spiro atoms. The van der Waals surface area contributed by atoms with Gasteiger partial charge in [-0.05, 0) is 82.2 Å². The Morgan fingerprint density at radius 1 is 0.529 bits per heavy atom. The molecule has 0 aromatic heterocycles. The van der Waals surface area contributed by atoms with E-state index in [4.69, 9.17) is 17.2 Å². The molecular formula is C48H84N10O9S. The molecule has 0 aliphatic heterocycles. The standard InChI is InChI=1S/C48H84N10O9S/c1-3-4-5-6-7-8-9-10-11-12-13-14-15-22-42(61)55-40(33-68)45(64)53-32-43(62)54-39(31-34-23-25-35(59)26-24-34)48(67)58-38(27-28-41(51)60)47(66)57-37(21-17-19-30-50)46(65)56-36(44(63)52-2)20-16-18-29-49/h23-26,36-40,59,68H,3-22,27-33,49-50H2,1-2H3,(H2,51,60)(H,52,63)(H,53,64)(H,54,62)(H,55,61)(H,56,65)(H,57,66)(H,58,67)/t36-,37-,38-,39-,40-/m0/s1. The van der Waals surface area contributed by atoms with Gasteiger partial charge in [-0.25, -0.2) is 0 Å². The summed E-state index contributed by atoms with van der Waals surface area (Å²) in [6.45, 7) is 2.37. The van der Waals surface area contributed by atoms with Gasteiger partial charge in [0.15, 0.2) is 0 Å². The number of phenolic OH excluding ortho intramolecular Hbond substituents is 1. The number of aromatic hydroxyl groups is 1. The summed E-state index contributed by atoms with van der Waals surface area (Å²) in [5.41, 5.74) is 17.2. The zero-order chi connectivity index (χ0) is 50.5. The molecule has 14 N–H and O–H groups in total. The van der Waals surface area contributed by atoms with Crippen LogP contribution in [0.25, 0.3) is 0 Å². The lowest BCUT2D eigenvalue weighted by atomic mass is 10.0. The molecule has 386 valence electrons. The number of primary amides is 1. The minimum absolute atomic E-state index is 0.0303. The van der Waals surface area contributed by atoms with E-state index < -0.39 is 78.1 Å². The number of rotatable bonds is 40. The maximum absolute atomic E-state index is 14.0. The van der Waals surface area contributed by atoms with Crippen LogP contribution in [0.4, 0.5) is 0 Å². The second-order valence-corrected chi connectivity index (χ2v) is 17.7. The zero-order valence-corrected chi connectivity index (χ0v) is 41.6. The highest BCUT2D eigenvalue weighted by atomic mass is 32.1. The molecule has 0 fully saturated rings. The number of thiol groups is 1. The summed E-state index contributed by atoms with van der Waals surface area (Å²) >= 11 is 4.23. The summed E-state index contributed by atoms with van der Waals surface area (Å²) in [6.07, 6.45) is 17.4. The first-order valence-electron chi connectivity index (χ1n) is 24.8. The number of nitrogens with one attached hydrogen (secondary N) is 7. The van der Waals surface area contributed by atoms with Crippen LogP contribution >= 0.6 is 12.6 Å². The molecule has 0 saturated heterocycles. The Kier molecular flexibility index (Phi) is 34.1. The lowest BCUT2D eigenvalue weighted by Gasteiger charge is -2.26. The van der Waals surface area contributed by atoms with Crippen LogP contribution in [-0.4, -0.2) is 115 Å². The van der Waals surface area contributed by atoms with Crippen LogP contribution in [0.3, 0.4) is 0 Å². The number of phenols is 1. The third kappa shape index (κ3) is 28.4. The van der Waals surface area contributed by atoms with Gasteiger partial charge in [0, 0.05) is 32.1 Å². The molecule has 0 heterocycles. The van der Waals surface area contributed by atoms with Crippen molar-refractivity contribution in [3.8, 4) is 5.75 Å². The molecule has 0 unspecified atom stereocenters. The molecule has 5 atom stereocenters. The average Bonchev–Trinajstić information content (AvgIpc) is 3.32. The highest BCUT2D eigenvalue weighted by Crippen LogP contribution is 2.15. The Labute approximate surface area is 409 Å². The van der Waals surface area contributed by atoms with Crippen LogP contribution in [0.15, 0.2) is 24.3 Å². The molecule has 20 heteroatoms. The fourth-order valence-electron chi connectivity index (χ4n) is 7.45. The van der Waals surface area contributed by atoms with E-state index in [9.17, 15) is 43.5 Å². The molecule has 0 bridgehead atoms. The van der Waals surface area contributed by atoms with Crippen molar-refractivity contribution in [2.24, 2.45) is 17.2 Å². The van der Waals surface area contributed by atoms with Gasteiger partial charge in [-0.1, -0.05) is 96.1 Å².